The number of benzene rings is 1. The Bertz CT molecular complexity index is 567. The van der Waals surface area contributed by atoms with Gasteiger partial charge in [-0.1, -0.05) is 49.7 Å². The second-order valence-electron chi connectivity index (χ2n) is 5.23. The second kappa shape index (κ2) is 6.82. The van der Waals surface area contributed by atoms with E-state index in [-0.39, 0.29) is 0 Å². The summed E-state index contributed by atoms with van der Waals surface area (Å²) in [5.41, 5.74) is 3.08. The summed E-state index contributed by atoms with van der Waals surface area (Å²) >= 11 is 6.09. The van der Waals surface area contributed by atoms with Crippen molar-refractivity contribution in [2.24, 2.45) is 5.92 Å². The van der Waals surface area contributed by atoms with Crippen LogP contribution in [0.2, 0.25) is 5.15 Å². The van der Waals surface area contributed by atoms with Crippen molar-refractivity contribution in [2.75, 3.05) is 7.11 Å². The summed E-state index contributed by atoms with van der Waals surface area (Å²) in [6.45, 7) is 4.93. The third-order valence-electron chi connectivity index (χ3n) is 2.89. The van der Waals surface area contributed by atoms with Gasteiger partial charge in [0.2, 0.25) is 0 Å². The highest BCUT2D eigenvalue weighted by molar-refractivity contribution is 6.29. The van der Waals surface area contributed by atoms with Crippen LogP contribution >= 0.6 is 11.6 Å². The molecule has 0 saturated heterocycles. The molecule has 0 radical (unpaired) electrons. The third-order valence-corrected chi connectivity index (χ3v) is 3.08. The molecule has 1 aromatic carbocycles. The topological polar surface area (TPSA) is 35.0 Å². The first-order valence-corrected chi connectivity index (χ1v) is 7.08. The fourth-order valence-electron chi connectivity index (χ4n) is 2.03. The molecule has 3 nitrogen and oxygen atoms in total. The summed E-state index contributed by atoms with van der Waals surface area (Å²) in [6, 6.07) is 9.87. The minimum Gasteiger partial charge on any atom is -0.380 e. The molecule has 0 atom stereocenters. The van der Waals surface area contributed by atoms with Crippen LogP contribution in [-0.2, 0) is 17.8 Å². The van der Waals surface area contributed by atoms with Crippen LogP contribution < -0.4 is 0 Å². The van der Waals surface area contributed by atoms with Crippen molar-refractivity contribution in [3.63, 3.8) is 0 Å². The number of methoxy groups -OCH3 is 1. The van der Waals surface area contributed by atoms with Gasteiger partial charge in [0.25, 0.3) is 0 Å². The molecule has 0 saturated carbocycles. The van der Waals surface area contributed by atoms with E-state index in [4.69, 9.17) is 16.3 Å². The second-order valence-corrected chi connectivity index (χ2v) is 5.62. The maximum absolute atomic E-state index is 6.09. The van der Waals surface area contributed by atoms with Gasteiger partial charge in [0, 0.05) is 18.4 Å². The maximum atomic E-state index is 6.09. The minimum atomic E-state index is 0.492. The first-order valence-electron chi connectivity index (χ1n) is 6.70. The zero-order valence-corrected chi connectivity index (χ0v) is 12.8. The summed E-state index contributed by atoms with van der Waals surface area (Å²) in [4.78, 5) is 8.90. The van der Waals surface area contributed by atoms with Crippen molar-refractivity contribution >= 4 is 11.6 Å². The average Bonchev–Trinajstić information content (AvgIpc) is 2.38. The number of hydrogen-bond donors (Lipinski definition) is 0. The molecule has 2 rings (SSSR count). The predicted molar refractivity (Wildman–Crippen MR) is 81.7 cm³/mol. The van der Waals surface area contributed by atoms with E-state index in [1.165, 1.54) is 0 Å². The molecule has 2 aromatic rings. The van der Waals surface area contributed by atoms with Gasteiger partial charge in [0.05, 0.1) is 6.61 Å². The Hall–Kier alpha value is -1.45. The Morgan fingerprint density at radius 2 is 1.85 bits per heavy atom. The molecule has 0 fully saturated rings. The molecule has 0 aliphatic rings. The SMILES string of the molecule is COCc1ccc(-c2nc(Cl)cc(CC(C)C)n2)cc1. The van der Waals surface area contributed by atoms with Gasteiger partial charge in [0.15, 0.2) is 5.82 Å². The molecule has 1 aromatic heterocycles. The lowest BCUT2D eigenvalue weighted by molar-refractivity contribution is 0.185. The lowest BCUT2D eigenvalue weighted by atomic mass is 10.1. The lowest BCUT2D eigenvalue weighted by Crippen LogP contribution is -2.00. The smallest absolute Gasteiger partial charge is 0.161 e. The van der Waals surface area contributed by atoms with Crippen molar-refractivity contribution in [1.29, 1.82) is 0 Å². The molecule has 0 aliphatic heterocycles. The normalized spacial score (nSPS) is 11.1. The maximum Gasteiger partial charge on any atom is 0.161 e. The van der Waals surface area contributed by atoms with Gasteiger partial charge in [-0.3, -0.25) is 0 Å². The minimum absolute atomic E-state index is 0.492. The van der Waals surface area contributed by atoms with E-state index in [0.29, 0.717) is 23.5 Å². The monoisotopic (exact) mass is 290 g/mol. The molecule has 0 amide bonds. The Kier molecular flexibility index (Phi) is 5.10. The number of ether oxygens (including phenoxy) is 1. The van der Waals surface area contributed by atoms with Gasteiger partial charge in [-0.05, 0) is 24.0 Å². The third kappa shape index (κ3) is 4.02. The highest BCUT2D eigenvalue weighted by atomic mass is 35.5. The van der Waals surface area contributed by atoms with Crippen molar-refractivity contribution in [3.05, 3.63) is 46.7 Å². The van der Waals surface area contributed by atoms with E-state index in [2.05, 4.69) is 23.8 Å². The average molecular weight is 291 g/mol. The Morgan fingerprint density at radius 3 is 2.45 bits per heavy atom. The Morgan fingerprint density at radius 1 is 1.15 bits per heavy atom. The van der Waals surface area contributed by atoms with E-state index >= 15 is 0 Å². The highest BCUT2D eigenvalue weighted by Gasteiger charge is 2.07. The van der Waals surface area contributed by atoms with Crippen molar-refractivity contribution < 1.29 is 4.74 Å². The summed E-state index contributed by atoms with van der Waals surface area (Å²) < 4.78 is 5.10. The lowest BCUT2D eigenvalue weighted by Gasteiger charge is -2.08. The Labute approximate surface area is 125 Å². The first-order chi connectivity index (χ1) is 9.58. The van der Waals surface area contributed by atoms with E-state index in [9.17, 15) is 0 Å². The molecule has 106 valence electrons. The molecule has 0 unspecified atom stereocenters. The number of nitrogens with zero attached hydrogens (tertiary/aromatic N) is 2. The summed E-state index contributed by atoms with van der Waals surface area (Å²) in [5, 5.41) is 0.492. The number of halogens is 1. The summed E-state index contributed by atoms with van der Waals surface area (Å²) in [5.74, 6) is 1.22. The molecule has 0 bridgehead atoms. The van der Waals surface area contributed by atoms with E-state index in [1.807, 2.05) is 30.3 Å². The fourth-order valence-corrected chi connectivity index (χ4v) is 2.24. The number of hydrogen-bond acceptors (Lipinski definition) is 3. The van der Waals surface area contributed by atoms with Gasteiger partial charge >= 0.3 is 0 Å². The number of aromatic nitrogens is 2. The zero-order chi connectivity index (χ0) is 14.5. The van der Waals surface area contributed by atoms with E-state index in [0.717, 1.165) is 23.2 Å². The van der Waals surface area contributed by atoms with Gasteiger partial charge in [-0.25, -0.2) is 9.97 Å². The van der Waals surface area contributed by atoms with Crippen LogP contribution in [0, 0.1) is 5.92 Å². The molecular formula is C16H19ClN2O. The molecule has 0 spiro atoms. The van der Waals surface area contributed by atoms with E-state index < -0.39 is 0 Å². The van der Waals surface area contributed by atoms with Gasteiger partial charge in [-0.15, -0.1) is 0 Å². The molecular weight excluding hydrogens is 272 g/mol. The molecule has 0 N–H and O–H groups in total. The Balaban J connectivity index is 2.29. The van der Waals surface area contributed by atoms with Crippen LogP contribution in [0.3, 0.4) is 0 Å². The predicted octanol–water partition coefficient (Wildman–Crippen LogP) is 4.14. The molecule has 20 heavy (non-hydrogen) atoms. The fraction of sp³-hybridized carbons (Fsp3) is 0.375. The van der Waals surface area contributed by atoms with Gasteiger partial charge in [0.1, 0.15) is 5.15 Å². The van der Waals surface area contributed by atoms with Crippen LogP contribution in [0.15, 0.2) is 30.3 Å². The van der Waals surface area contributed by atoms with Crippen LogP contribution in [-0.4, -0.2) is 17.1 Å². The quantitative estimate of drug-likeness (QED) is 0.776. The summed E-state index contributed by atoms with van der Waals surface area (Å²) in [7, 11) is 1.69. The largest absolute Gasteiger partial charge is 0.380 e. The van der Waals surface area contributed by atoms with Crippen molar-refractivity contribution in [3.8, 4) is 11.4 Å². The zero-order valence-electron chi connectivity index (χ0n) is 12.1. The van der Waals surface area contributed by atoms with Gasteiger partial charge < -0.3 is 4.74 Å². The van der Waals surface area contributed by atoms with Gasteiger partial charge in [-0.2, -0.15) is 0 Å². The summed E-state index contributed by atoms with van der Waals surface area (Å²) in [6.07, 6.45) is 0.900. The highest BCUT2D eigenvalue weighted by Crippen LogP contribution is 2.20. The van der Waals surface area contributed by atoms with Crippen LogP contribution in [0.1, 0.15) is 25.1 Å². The first kappa shape index (κ1) is 14.9. The van der Waals surface area contributed by atoms with Crippen molar-refractivity contribution in [2.45, 2.75) is 26.9 Å². The molecule has 4 heteroatoms. The van der Waals surface area contributed by atoms with E-state index in [1.54, 1.807) is 7.11 Å². The van der Waals surface area contributed by atoms with Crippen LogP contribution in [0.4, 0.5) is 0 Å². The van der Waals surface area contributed by atoms with Crippen molar-refractivity contribution in [1.82, 2.24) is 9.97 Å². The molecule has 1 heterocycles. The van der Waals surface area contributed by atoms with Crippen LogP contribution in [0.5, 0.6) is 0 Å². The van der Waals surface area contributed by atoms with Crippen LogP contribution in [0.25, 0.3) is 11.4 Å². The standard InChI is InChI=1S/C16H19ClN2O/c1-11(2)8-14-9-15(17)19-16(18-14)13-6-4-12(5-7-13)10-20-3/h4-7,9,11H,8,10H2,1-3H3. The molecule has 0 aliphatic carbocycles. The number of rotatable bonds is 5.